The summed E-state index contributed by atoms with van der Waals surface area (Å²) in [6.07, 6.45) is -3.67. The lowest BCUT2D eigenvalue weighted by molar-refractivity contribution is -0.286. The van der Waals surface area contributed by atoms with Gasteiger partial charge in [0.15, 0.2) is 11.5 Å². The first-order valence-electron chi connectivity index (χ1n) is 5.58. The van der Waals surface area contributed by atoms with Crippen molar-refractivity contribution in [1.29, 1.82) is 0 Å². The summed E-state index contributed by atoms with van der Waals surface area (Å²) >= 11 is 5.70. The summed E-state index contributed by atoms with van der Waals surface area (Å²) in [4.78, 5) is 11.4. The molecule has 2 heterocycles. The minimum absolute atomic E-state index is 0.0183. The van der Waals surface area contributed by atoms with E-state index in [1.165, 1.54) is 25.3 Å². The molecule has 2 aromatic rings. The van der Waals surface area contributed by atoms with E-state index >= 15 is 0 Å². The van der Waals surface area contributed by atoms with Crippen LogP contribution in [0.3, 0.4) is 0 Å². The van der Waals surface area contributed by atoms with Crippen LogP contribution in [0.5, 0.6) is 17.5 Å². The van der Waals surface area contributed by atoms with Gasteiger partial charge in [0.25, 0.3) is 0 Å². The van der Waals surface area contributed by atoms with Crippen molar-refractivity contribution in [3.63, 3.8) is 0 Å². The molecule has 7 nitrogen and oxygen atoms in total. The van der Waals surface area contributed by atoms with Gasteiger partial charge in [0.05, 0.1) is 7.11 Å². The van der Waals surface area contributed by atoms with Crippen LogP contribution in [0.25, 0.3) is 0 Å². The van der Waals surface area contributed by atoms with Gasteiger partial charge in [0.2, 0.25) is 11.2 Å². The van der Waals surface area contributed by atoms with Gasteiger partial charge in [-0.05, 0) is 23.7 Å². The Morgan fingerprint density at radius 3 is 2.71 bits per heavy atom. The quantitative estimate of drug-likeness (QED) is 0.932. The number of hydrogen-bond acceptors (Lipinski definition) is 7. The molecule has 0 atom stereocenters. The predicted octanol–water partition coefficient (Wildman–Crippen LogP) is 2.60. The number of hydrogen-bond donors (Lipinski definition) is 1. The van der Waals surface area contributed by atoms with Gasteiger partial charge in [-0.1, -0.05) is 0 Å². The minimum Gasteiger partial charge on any atom is -0.467 e. The van der Waals surface area contributed by atoms with Crippen LogP contribution < -0.4 is 19.5 Å². The standard InChI is InChI=1S/C11H7ClF2N4O3/c1-19-10-17-8(12)16-9(18-10)15-5-2-3-6-7(4-5)21-11(13,14)20-6/h2-4H,1H3,(H,15,16,17,18). The number of halogens is 3. The number of fused-ring (bicyclic) bond motifs is 1. The Hall–Kier alpha value is -2.42. The number of ether oxygens (including phenoxy) is 3. The highest BCUT2D eigenvalue weighted by atomic mass is 35.5. The maximum Gasteiger partial charge on any atom is 0.586 e. The fourth-order valence-corrected chi connectivity index (χ4v) is 1.79. The summed E-state index contributed by atoms with van der Waals surface area (Å²) in [5.74, 6) is -0.0635. The minimum atomic E-state index is -3.67. The van der Waals surface area contributed by atoms with Gasteiger partial charge in [-0.2, -0.15) is 15.0 Å². The Bertz CT molecular complexity index is 701. The summed E-state index contributed by atoms with van der Waals surface area (Å²) in [5, 5.41) is 2.70. The molecule has 0 unspecified atom stereocenters. The van der Waals surface area contributed by atoms with Crippen molar-refractivity contribution in [2.24, 2.45) is 0 Å². The molecule has 0 spiro atoms. The van der Waals surface area contributed by atoms with E-state index in [1.807, 2.05) is 0 Å². The number of methoxy groups -OCH3 is 1. The molecular weight excluding hydrogens is 310 g/mol. The fourth-order valence-electron chi connectivity index (χ4n) is 1.63. The molecule has 21 heavy (non-hydrogen) atoms. The summed E-state index contributed by atoms with van der Waals surface area (Å²) in [5.41, 5.74) is 0.402. The molecule has 0 bridgehead atoms. The zero-order chi connectivity index (χ0) is 15.0. The van der Waals surface area contributed by atoms with Crippen molar-refractivity contribution in [3.05, 3.63) is 23.5 Å². The van der Waals surface area contributed by atoms with Gasteiger partial charge in [0.1, 0.15) is 0 Å². The fraction of sp³-hybridized carbons (Fsp3) is 0.182. The van der Waals surface area contributed by atoms with Gasteiger partial charge in [-0.25, -0.2) is 0 Å². The van der Waals surface area contributed by atoms with Crippen LogP contribution in [-0.4, -0.2) is 28.4 Å². The highest BCUT2D eigenvalue weighted by Crippen LogP contribution is 2.42. The Morgan fingerprint density at radius 1 is 1.19 bits per heavy atom. The maximum atomic E-state index is 12.9. The molecule has 0 saturated carbocycles. The Kier molecular flexibility index (Phi) is 3.13. The molecule has 0 aliphatic carbocycles. The lowest BCUT2D eigenvalue weighted by Gasteiger charge is -2.06. The molecule has 110 valence electrons. The first-order valence-corrected chi connectivity index (χ1v) is 5.95. The first kappa shape index (κ1) is 13.6. The molecule has 0 saturated heterocycles. The molecule has 1 aromatic heterocycles. The second-order valence-corrected chi connectivity index (χ2v) is 4.21. The van der Waals surface area contributed by atoms with Crippen LogP contribution >= 0.6 is 11.6 Å². The summed E-state index contributed by atoms with van der Waals surface area (Å²) < 4.78 is 39.3. The Balaban J connectivity index is 1.85. The highest BCUT2D eigenvalue weighted by Gasteiger charge is 2.43. The molecule has 1 aliphatic heterocycles. The van der Waals surface area contributed by atoms with Crippen LogP contribution in [0.1, 0.15) is 0 Å². The third kappa shape index (κ3) is 2.87. The van der Waals surface area contributed by atoms with Crippen LogP contribution in [-0.2, 0) is 0 Å². The van der Waals surface area contributed by atoms with Crippen molar-refractivity contribution in [2.75, 3.05) is 12.4 Å². The lowest BCUT2D eigenvalue weighted by Crippen LogP contribution is -2.25. The van der Waals surface area contributed by atoms with Gasteiger partial charge in [-0.3, -0.25) is 0 Å². The maximum absolute atomic E-state index is 12.9. The Morgan fingerprint density at radius 2 is 1.95 bits per heavy atom. The van der Waals surface area contributed by atoms with Gasteiger partial charge >= 0.3 is 12.3 Å². The molecule has 0 amide bonds. The SMILES string of the molecule is COc1nc(Cl)nc(Nc2ccc3c(c2)OC(F)(F)O3)n1. The van der Waals surface area contributed by atoms with Crippen molar-refractivity contribution < 1.29 is 23.0 Å². The third-order valence-electron chi connectivity index (χ3n) is 2.43. The first-order chi connectivity index (χ1) is 9.95. The highest BCUT2D eigenvalue weighted by molar-refractivity contribution is 6.28. The number of benzene rings is 1. The largest absolute Gasteiger partial charge is 0.586 e. The summed E-state index contributed by atoms with van der Waals surface area (Å²) in [7, 11) is 1.37. The second kappa shape index (κ2) is 4.85. The number of rotatable bonds is 3. The third-order valence-corrected chi connectivity index (χ3v) is 2.60. The van der Waals surface area contributed by atoms with E-state index in [9.17, 15) is 8.78 Å². The zero-order valence-electron chi connectivity index (χ0n) is 10.4. The van der Waals surface area contributed by atoms with Gasteiger partial charge in [0, 0.05) is 11.8 Å². The zero-order valence-corrected chi connectivity index (χ0v) is 11.2. The van der Waals surface area contributed by atoms with Gasteiger partial charge in [-0.15, -0.1) is 8.78 Å². The van der Waals surface area contributed by atoms with E-state index in [2.05, 4.69) is 29.7 Å². The van der Waals surface area contributed by atoms with Crippen LogP contribution in [0.15, 0.2) is 18.2 Å². The molecular formula is C11H7ClF2N4O3. The van der Waals surface area contributed by atoms with E-state index in [0.29, 0.717) is 5.69 Å². The number of nitrogens with zero attached hydrogens (tertiary/aromatic N) is 3. The average Bonchev–Trinajstić information content (AvgIpc) is 2.71. The molecule has 0 fully saturated rings. The van der Waals surface area contributed by atoms with E-state index in [4.69, 9.17) is 16.3 Å². The number of nitrogens with one attached hydrogen (secondary N) is 1. The number of anilines is 2. The van der Waals surface area contributed by atoms with Crippen LogP contribution in [0.2, 0.25) is 5.28 Å². The number of alkyl halides is 2. The molecule has 1 aliphatic rings. The molecule has 10 heteroatoms. The molecule has 1 N–H and O–H groups in total. The topological polar surface area (TPSA) is 78.4 Å². The molecule has 0 radical (unpaired) electrons. The lowest BCUT2D eigenvalue weighted by atomic mass is 10.3. The summed E-state index contributed by atoms with van der Waals surface area (Å²) in [6.45, 7) is 0. The van der Waals surface area contributed by atoms with Crippen molar-refractivity contribution in [1.82, 2.24) is 15.0 Å². The van der Waals surface area contributed by atoms with Crippen molar-refractivity contribution in [3.8, 4) is 17.5 Å². The number of aromatic nitrogens is 3. The van der Waals surface area contributed by atoms with Gasteiger partial charge < -0.3 is 19.5 Å². The smallest absolute Gasteiger partial charge is 0.467 e. The van der Waals surface area contributed by atoms with Crippen molar-refractivity contribution in [2.45, 2.75) is 6.29 Å². The van der Waals surface area contributed by atoms with Crippen LogP contribution in [0, 0.1) is 0 Å². The normalized spacial score (nSPS) is 14.9. The van der Waals surface area contributed by atoms with Crippen molar-refractivity contribution >= 4 is 23.2 Å². The second-order valence-electron chi connectivity index (χ2n) is 3.87. The monoisotopic (exact) mass is 316 g/mol. The summed E-state index contributed by atoms with van der Waals surface area (Å²) in [6, 6.07) is 4.16. The van der Waals surface area contributed by atoms with Crippen LogP contribution in [0.4, 0.5) is 20.4 Å². The molecule has 1 aromatic carbocycles. The predicted molar refractivity (Wildman–Crippen MR) is 67.3 cm³/mol. The average molecular weight is 317 g/mol. The van der Waals surface area contributed by atoms with E-state index < -0.39 is 6.29 Å². The van der Waals surface area contributed by atoms with E-state index in [-0.39, 0.29) is 28.7 Å². The Labute approximate surface area is 121 Å². The van der Waals surface area contributed by atoms with E-state index in [1.54, 1.807) is 0 Å². The van der Waals surface area contributed by atoms with E-state index in [0.717, 1.165) is 0 Å². The molecule has 3 rings (SSSR count).